The number of fused-ring (bicyclic) bond motifs is 1. The van der Waals surface area contributed by atoms with Crippen molar-refractivity contribution in [1.82, 2.24) is 5.32 Å². The molecule has 0 unspecified atom stereocenters. The van der Waals surface area contributed by atoms with Crippen LogP contribution < -0.4 is 5.32 Å². The van der Waals surface area contributed by atoms with Crippen LogP contribution in [0.15, 0.2) is 36.4 Å². The Bertz CT molecular complexity index is 455. The van der Waals surface area contributed by atoms with Gasteiger partial charge in [0.15, 0.2) is 0 Å². The monoisotopic (exact) mass is 199 g/mol. The van der Waals surface area contributed by atoms with Crippen molar-refractivity contribution < 1.29 is 0 Å². The van der Waals surface area contributed by atoms with Gasteiger partial charge in [-0.05, 0) is 35.4 Å². The first-order chi connectivity index (χ1) is 7.36. The maximum absolute atomic E-state index is 3.23. The van der Waals surface area contributed by atoms with Crippen LogP contribution in [0, 0.1) is 0 Å². The normalized spacial score (nSPS) is 10.8. The molecule has 2 rings (SSSR count). The van der Waals surface area contributed by atoms with Gasteiger partial charge in [0.05, 0.1) is 0 Å². The van der Waals surface area contributed by atoms with Crippen molar-refractivity contribution >= 4 is 10.8 Å². The van der Waals surface area contributed by atoms with Gasteiger partial charge in [0.2, 0.25) is 0 Å². The molecule has 0 radical (unpaired) electrons. The van der Waals surface area contributed by atoms with E-state index in [1.165, 1.54) is 21.9 Å². The molecule has 0 aliphatic heterocycles. The molecule has 2 aromatic rings. The highest BCUT2D eigenvalue weighted by molar-refractivity contribution is 5.88. The molecule has 0 aliphatic rings. The van der Waals surface area contributed by atoms with Gasteiger partial charge in [-0.3, -0.25) is 0 Å². The fourth-order valence-corrected chi connectivity index (χ4v) is 2.13. The largest absolute Gasteiger partial charge is 0.316 e. The summed E-state index contributed by atoms with van der Waals surface area (Å²) >= 11 is 0. The predicted octanol–water partition coefficient (Wildman–Crippen LogP) is 3.12. The van der Waals surface area contributed by atoms with Crippen LogP contribution in [0.5, 0.6) is 0 Å². The Kier molecular flexibility index (Phi) is 3.02. The lowest BCUT2D eigenvalue weighted by molar-refractivity contribution is 0.823. The smallest absolute Gasteiger partial charge is 0.0208 e. The summed E-state index contributed by atoms with van der Waals surface area (Å²) in [7, 11) is 1.99. The van der Waals surface area contributed by atoms with Crippen molar-refractivity contribution in [3.8, 4) is 0 Å². The molecule has 0 fully saturated rings. The number of aryl methyl sites for hydroxylation is 1. The van der Waals surface area contributed by atoms with Crippen LogP contribution in [0.1, 0.15) is 18.1 Å². The minimum Gasteiger partial charge on any atom is -0.316 e. The lowest BCUT2D eigenvalue weighted by Crippen LogP contribution is -2.06. The molecule has 0 saturated heterocycles. The Balaban J connectivity index is 2.69. The van der Waals surface area contributed by atoms with Gasteiger partial charge in [-0.15, -0.1) is 0 Å². The van der Waals surface area contributed by atoms with Crippen molar-refractivity contribution in [1.29, 1.82) is 0 Å². The van der Waals surface area contributed by atoms with Gasteiger partial charge in [0, 0.05) is 6.54 Å². The molecule has 0 aliphatic carbocycles. The lowest BCUT2D eigenvalue weighted by Gasteiger charge is -2.10. The van der Waals surface area contributed by atoms with Gasteiger partial charge < -0.3 is 5.32 Å². The van der Waals surface area contributed by atoms with Crippen LogP contribution >= 0.6 is 0 Å². The maximum atomic E-state index is 3.23. The number of hydrogen-bond donors (Lipinski definition) is 1. The van der Waals surface area contributed by atoms with E-state index in [0.29, 0.717) is 0 Å². The minimum atomic E-state index is 0.939. The highest BCUT2D eigenvalue weighted by Crippen LogP contribution is 2.23. The van der Waals surface area contributed by atoms with Crippen LogP contribution in [0.2, 0.25) is 0 Å². The molecule has 0 saturated carbocycles. The second kappa shape index (κ2) is 4.45. The summed E-state index contributed by atoms with van der Waals surface area (Å²) in [5.74, 6) is 0. The third-order valence-corrected chi connectivity index (χ3v) is 2.83. The van der Waals surface area contributed by atoms with Crippen molar-refractivity contribution in [3.63, 3.8) is 0 Å². The number of rotatable bonds is 3. The first-order valence-corrected chi connectivity index (χ1v) is 5.51. The zero-order valence-corrected chi connectivity index (χ0v) is 9.38. The van der Waals surface area contributed by atoms with E-state index in [2.05, 4.69) is 48.6 Å². The highest BCUT2D eigenvalue weighted by atomic mass is 14.8. The first kappa shape index (κ1) is 10.2. The maximum Gasteiger partial charge on any atom is 0.0208 e. The Morgan fingerprint density at radius 3 is 2.27 bits per heavy atom. The summed E-state index contributed by atoms with van der Waals surface area (Å²) in [4.78, 5) is 0. The van der Waals surface area contributed by atoms with Crippen molar-refractivity contribution in [2.45, 2.75) is 19.9 Å². The number of hydrogen-bond acceptors (Lipinski definition) is 1. The van der Waals surface area contributed by atoms with Gasteiger partial charge in [-0.25, -0.2) is 0 Å². The minimum absolute atomic E-state index is 0.939. The van der Waals surface area contributed by atoms with E-state index < -0.39 is 0 Å². The fourth-order valence-electron chi connectivity index (χ4n) is 2.13. The molecular formula is C14H17N. The number of benzene rings is 2. The summed E-state index contributed by atoms with van der Waals surface area (Å²) in [5.41, 5.74) is 2.84. The van der Waals surface area contributed by atoms with Gasteiger partial charge in [0.25, 0.3) is 0 Å². The summed E-state index contributed by atoms with van der Waals surface area (Å²) in [6, 6.07) is 13.1. The van der Waals surface area contributed by atoms with Crippen molar-refractivity contribution in [3.05, 3.63) is 47.5 Å². The van der Waals surface area contributed by atoms with Crippen molar-refractivity contribution in [2.24, 2.45) is 0 Å². The Morgan fingerprint density at radius 2 is 1.67 bits per heavy atom. The van der Waals surface area contributed by atoms with E-state index in [0.717, 1.165) is 13.0 Å². The molecule has 2 aromatic carbocycles. The zero-order valence-electron chi connectivity index (χ0n) is 9.38. The van der Waals surface area contributed by atoms with E-state index in [-0.39, 0.29) is 0 Å². The highest BCUT2D eigenvalue weighted by Gasteiger charge is 2.03. The quantitative estimate of drug-likeness (QED) is 0.801. The average molecular weight is 199 g/mol. The Hall–Kier alpha value is -1.34. The third kappa shape index (κ3) is 1.88. The molecule has 78 valence electrons. The Labute approximate surface area is 91.1 Å². The Morgan fingerprint density at radius 1 is 1.00 bits per heavy atom. The van der Waals surface area contributed by atoms with E-state index in [1.807, 2.05) is 7.05 Å². The second-order valence-corrected chi connectivity index (χ2v) is 3.82. The molecule has 1 N–H and O–H groups in total. The molecule has 0 spiro atoms. The van der Waals surface area contributed by atoms with Crippen LogP contribution in [0.4, 0.5) is 0 Å². The number of nitrogens with one attached hydrogen (secondary N) is 1. The average Bonchev–Trinajstić information content (AvgIpc) is 2.29. The second-order valence-electron chi connectivity index (χ2n) is 3.82. The molecule has 0 amide bonds. The zero-order chi connectivity index (χ0) is 10.7. The predicted molar refractivity (Wildman–Crippen MR) is 66.1 cm³/mol. The lowest BCUT2D eigenvalue weighted by atomic mass is 9.98. The first-order valence-electron chi connectivity index (χ1n) is 5.51. The molecular weight excluding hydrogens is 182 g/mol. The van der Waals surface area contributed by atoms with E-state index in [4.69, 9.17) is 0 Å². The van der Waals surface area contributed by atoms with E-state index >= 15 is 0 Å². The standard InChI is InChI=1S/C14H17N/c1-3-11-6-4-7-12-8-5-9-13(10-15-2)14(11)12/h4-9,15H,3,10H2,1-2H3. The molecule has 1 heteroatoms. The summed E-state index contributed by atoms with van der Waals surface area (Å²) in [6.07, 6.45) is 1.10. The van der Waals surface area contributed by atoms with Gasteiger partial charge in [-0.1, -0.05) is 43.3 Å². The van der Waals surface area contributed by atoms with Crippen LogP contribution in [-0.4, -0.2) is 7.05 Å². The summed E-state index contributed by atoms with van der Waals surface area (Å²) in [5, 5.41) is 6.00. The third-order valence-electron chi connectivity index (χ3n) is 2.83. The van der Waals surface area contributed by atoms with Crippen LogP contribution in [-0.2, 0) is 13.0 Å². The van der Waals surface area contributed by atoms with Gasteiger partial charge >= 0.3 is 0 Å². The van der Waals surface area contributed by atoms with E-state index in [9.17, 15) is 0 Å². The fraction of sp³-hybridized carbons (Fsp3) is 0.286. The molecule has 0 heterocycles. The van der Waals surface area contributed by atoms with Gasteiger partial charge in [0.1, 0.15) is 0 Å². The van der Waals surface area contributed by atoms with Crippen LogP contribution in [0.3, 0.4) is 0 Å². The molecule has 0 bridgehead atoms. The topological polar surface area (TPSA) is 12.0 Å². The van der Waals surface area contributed by atoms with Crippen molar-refractivity contribution in [2.75, 3.05) is 7.05 Å². The van der Waals surface area contributed by atoms with Crippen LogP contribution in [0.25, 0.3) is 10.8 Å². The SMILES string of the molecule is CCc1cccc2cccc(CNC)c12. The molecule has 0 atom stereocenters. The molecule has 0 aromatic heterocycles. The summed E-state index contributed by atoms with van der Waals surface area (Å²) in [6.45, 7) is 3.15. The van der Waals surface area contributed by atoms with E-state index in [1.54, 1.807) is 0 Å². The van der Waals surface area contributed by atoms with Gasteiger partial charge in [-0.2, -0.15) is 0 Å². The molecule has 15 heavy (non-hydrogen) atoms. The summed E-state index contributed by atoms with van der Waals surface area (Å²) < 4.78 is 0. The molecule has 1 nitrogen and oxygen atoms in total.